The summed E-state index contributed by atoms with van der Waals surface area (Å²) in [5.41, 5.74) is 0.571. The number of ether oxygens (including phenoxy) is 2. The molecule has 1 amide bonds. The maximum Gasteiger partial charge on any atom is 0.225 e. The molecule has 23 heavy (non-hydrogen) atoms. The second-order valence-corrected chi connectivity index (χ2v) is 7.65. The van der Waals surface area contributed by atoms with Gasteiger partial charge in [-0.05, 0) is 18.6 Å². The van der Waals surface area contributed by atoms with Gasteiger partial charge < -0.3 is 20.1 Å². The lowest BCUT2D eigenvalue weighted by molar-refractivity contribution is -0.116. The highest BCUT2D eigenvalue weighted by atomic mass is 32.2. The van der Waals surface area contributed by atoms with E-state index in [9.17, 15) is 13.2 Å². The Morgan fingerprint density at radius 2 is 2.09 bits per heavy atom. The zero-order valence-electron chi connectivity index (χ0n) is 13.3. The van der Waals surface area contributed by atoms with Crippen LogP contribution in [0.5, 0.6) is 11.5 Å². The van der Waals surface area contributed by atoms with Crippen molar-refractivity contribution < 1.29 is 22.7 Å². The van der Waals surface area contributed by atoms with Crippen LogP contribution < -0.4 is 20.1 Å². The molecule has 1 atom stereocenters. The largest absolute Gasteiger partial charge is 0.497 e. The topological polar surface area (TPSA) is 93.7 Å². The average molecular weight is 342 g/mol. The van der Waals surface area contributed by atoms with Crippen molar-refractivity contribution in [3.05, 3.63) is 18.2 Å². The first kappa shape index (κ1) is 17.6. The van der Waals surface area contributed by atoms with E-state index in [2.05, 4.69) is 10.6 Å². The van der Waals surface area contributed by atoms with E-state index in [0.717, 1.165) is 0 Å². The Balaban J connectivity index is 1.81. The number of carbonyl (C=O) groups excluding carboxylic acids is 1. The zero-order valence-corrected chi connectivity index (χ0v) is 14.1. The van der Waals surface area contributed by atoms with Crippen LogP contribution in [0, 0.1) is 0 Å². The van der Waals surface area contributed by atoms with Crippen LogP contribution in [-0.2, 0) is 14.6 Å². The average Bonchev–Trinajstić information content (AvgIpc) is 2.86. The summed E-state index contributed by atoms with van der Waals surface area (Å²) in [6.07, 6.45) is 0.863. The van der Waals surface area contributed by atoms with Gasteiger partial charge in [0.25, 0.3) is 0 Å². The van der Waals surface area contributed by atoms with E-state index < -0.39 is 9.84 Å². The van der Waals surface area contributed by atoms with E-state index >= 15 is 0 Å². The highest BCUT2D eigenvalue weighted by Gasteiger charge is 2.27. The van der Waals surface area contributed by atoms with Gasteiger partial charge in [-0.1, -0.05) is 0 Å². The lowest BCUT2D eigenvalue weighted by Crippen LogP contribution is -2.32. The molecule has 128 valence electrons. The predicted molar refractivity (Wildman–Crippen MR) is 87.9 cm³/mol. The maximum absolute atomic E-state index is 12.0. The number of amides is 1. The van der Waals surface area contributed by atoms with E-state index in [4.69, 9.17) is 9.47 Å². The summed E-state index contributed by atoms with van der Waals surface area (Å²) in [5, 5.41) is 5.89. The third-order valence-corrected chi connectivity index (χ3v) is 5.47. The first-order chi connectivity index (χ1) is 10.9. The summed E-state index contributed by atoms with van der Waals surface area (Å²) in [6.45, 7) is 0.435. The molecule has 0 radical (unpaired) electrons. The highest BCUT2D eigenvalue weighted by Crippen LogP contribution is 2.29. The molecule has 1 saturated heterocycles. The van der Waals surface area contributed by atoms with E-state index in [-0.39, 0.29) is 29.9 Å². The van der Waals surface area contributed by atoms with Crippen molar-refractivity contribution in [2.45, 2.75) is 18.9 Å². The van der Waals surface area contributed by atoms with Crippen molar-refractivity contribution in [2.24, 2.45) is 0 Å². The van der Waals surface area contributed by atoms with Crippen LogP contribution in [0.4, 0.5) is 5.69 Å². The van der Waals surface area contributed by atoms with Crippen LogP contribution in [0.25, 0.3) is 0 Å². The Hall–Kier alpha value is -1.80. The second kappa shape index (κ2) is 7.65. The molecule has 1 heterocycles. The molecule has 1 aliphatic rings. The molecule has 0 saturated carbocycles. The third kappa shape index (κ3) is 5.11. The van der Waals surface area contributed by atoms with Crippen molar-refractivity contribution >= 4 is 21.4 Å². The smallest absolute Gasteiger partial charge is 0.225 e. The van der Waals surface area contributed by atoms with Gasteiger partial charge in [-0.15, -0.1) is 0 Å². The Bertz CT molecular complexity index is 660. The number of hydrogen-bond acceptors (Lipinski definition) is 6. The van der Waals surface area contributed by atoms with Crippen LogP contribution in [0.15, 0.2) is 18.2 Å². The van der Waals surface area contributed by atoms with Crippen LogP contribution in [0.1, 0.15) is 12.8 Å². The van der Waals surface area contributed by atoms with Crippen LogP contribution in [-0.4, -0.2) is 52.6 Å². The molecule has 1 aromatic rings. The number of benzene rings is 1. The zero-order chi connectivity index (χ0) is 16.9. The molecule has 0 aliphatic carbocycles. The minimum atomic E-state index is -2.90. The summed E-state index contributed by atoms with van der Waals surface area (Å²) in [5.74, 6) is 1.37. The normalized spacial score (nSPS) is 19.3. The summed E-state index contributed by atoms with van der Waals surface area (Å²) in [7, 11) is 0.176. The molecule has 2 rings (SSSR count). The molecule has 1 unspecified atom stereocenters. The monoisotopic (exact) mass is 342 g/mol. The number of hydrogen-bond donors (Lipinski definition) is 2. The van der Waals surface area contributed by atoms with Gasteiger partial charge in [-0.3, -0.25) is 4.79 Å². The Morgan fingerprint density at radius 3 is 2.70 bits per heavy atom. The molecule has 0 spiro atoms. The van der Waals surface area contributed by atoms with Gasteiger partial charge in [-0.25, -0.2) is 8.42 Å². The lowest BCUT2D eigenvalue weighted by Gasteiger charge is -2.13. The van der Waals surface area contributed by atoms with Crippen LogP contribution >= 0.6 is 0 Å². The molecule has 0 bridgehead atoms. The standard InChI is InChI=1S/C15H22N2O5S/c1-21-12-3-4-13(14(9-12)22-2)17-15(18)5-7-16-11-6-8-23(19,20)10-11/h3-4,9,11,16H,5-8,10H2,1-2H3,(H,17,18). The number of anilines is 1. The van der Waals surface area contributed by atoms with Gasteiger partial charge in [0.05, 0.1) is 31.4 Å². The number of sulfone groups is 1. The van der Waals surface area contributed by atoms with Gasteiger partial charge in [0, 0.05) is 25.1 Å². The molecule has 8 heteroatoms. The molecule has 2 N–H and O–H groups in total. The van der Waals surface area contributed by atoms with Gasteiger partial charge >= 0.3 is 0 Å². The van der Waals surface area contributed by atoms with Gasteiger partial charge in [-0.2, -0.15) is 0 Å². The number of methoxy groups -OCH3 is 2. The van der Waals surface area contributed by atoms with Gasteiger partial charge in [0.1, 0.15) is 11.5 Å². The number of rotatable bonds is 7. The summed E-state index contributed by atoms with van der Waals surface area (Å²) in [4.78, 5) is 12.0. The summed E-state index contributed by atoms with van der Waals surface area (Å²) >= 11 is 0. The Labute approximate surface area is 136 Å². The quantitative estimate of drug-likeness (QED) is 0.762. The SMILES string of the molecule is COc1ccc(NC(=O)CCNC2CCS(=O)(=O)C2)c(OC)c1. The fourth-order valence-corrected chi connectivity index (χ4v) is 4.17. The van der Waals surface area contributed by atoms with E-state index in [1.165, 1.54) is 7.11 Å². The number of nitrogens with one attached hydrogen (secondary N) is 2. The van der Waals surface area contributed by atoms with Crippen molar-refractivity contribution in [2.75, 3.05) is 37.6 Å². The second-order valence-electron chi connectivity index (χ2n) is 5.42. The molecule has 1 aromatic carbocycles. The first-order valence-corrected chi connectivity index (χ1v) is 9.21. The Morgan fingerprint density at radius 1 is 1.30 bits per heavy atom. The van der Waals surface area contributed by atoms with E-state index in [1.54, 1.807) is 25.3 Å². The molecule has 1 aliphatic heterocycles. The van der Waals surface area contributed by atoms with Crippen molar-refractivity contribution in [3.63, 3.8) is 0 Å². The van der Waals surface area contributed by atoms with Crippen LogP contribution in [0.2, 0.25) is 0 Å². The lowest BCUT2D eigenvalue weighted by atomic mass is 10.2. The van der Waals surface area contributed by atoms with E-state index in [0.29, 0.717) is 30.2 Å². The summed E-state index contributed by atoms with van der Waals surface area (Å²) in [6, 6.07) is 5.09. The third-order valence-electron chi connectivity index (χ3n) is 3.70. The molecular formula is C15H22N2O5S. The number of carbonyl (C=O) groups is 1. The molecule has 0 aromatic heterocycles. The molecule has 1 fully saturated rings. The van der Waals surface area contributed by atoms with Crippen molar-refractivity contribution in [1.82, 2.24) is 5.32 Å². The van der Waals surface area contributed by atoms with Crippen LogP contribution in [0.3, 0.4) is 0 Å². The van der Waals surface area contributed by atoms with E-state index in [1.807, 2.05) is 0 Å². The van der Waals surface area contributed by atoms with Crippen molar-refractivity contribution in [3.8, 4) is 11.5 Å². The van der Waals surface area contributed by atoms with Crippen molar-refractivity contribution in [1.29, 1.82) is 0 Å². The van der Waals surface area contributed by atoms with Gasteiger partial charge in [0.15, 0.2) is 9.84 Å². The maximum atomic E-state index is 12.0. The minimum absolute atomic E-state index is 0.0525. The fourth-order valence-electron chi connectivity index (χ4n) is 2.46. The first-order valence-electron chi connectivity index (χ1n) is 7.39. The fraction of sp³-hybridized carbons (Fsp3) is 0.533. The Kier molecular flexibility index (Phi) is 5.84. The molecule has 7 nitrogen and oxygen atoms in total. The minimum Gasteiger partial charge on any atom is -0.497 e. The highest BCUT2D eigenvalue weighted by molar-refractivity contribution is 7.91. The van der Waals surface area contributed by atoms with Gasteiger partial charge in [0.2, 0.25) is 5.91 Å². The molecular weight excluding hydrogens is 320 g/mol. The predicted octanol–water partition coefficient (Wildman–Crippen LogP) is 0.809. The summed E-state index contributed by atoms with van der Waals surface area (Å²) < 4.78 is 33.0.